The molecule has 0 aromatic carbocycles. The summed E-state index contributed by atoms with van der Waals surface area (Å²) in [5.74, 6) is -0.0618. The molecule has 0 aliphatic heterocycles. The van der Waals surface area contributed by atoms with Crippen molar-refractivity contribution in [3.8, 4) is 0 Å². The van der Waals surface area contributed by atoms with E-state index in [0.717, 1.165) is 4.88 Å². The Balaban J connectivity index is 2.54. The van der Waals surface area contributed by atoms with Gasteiger partial charge in [0.2, 0.25) is 0 Å². The fourth-order valence-corrected chi connectivity index (χ4v) is 2.24. The zero-order chi connectivity index (χ0) is 12.1. The highest BCUT2D eigenvalue weighted by atomic mass is 32.1. The molecule has 1 aromatic rings. The normalized spacial score (nSPS) is 12.5. The number of aryl methyl sites for hydroxylation is 1. The van der Waals surface area contributed by atoms with E-state index in [1.165, 1.54) is 23.3 Å². The third-order valence-corrected chi connectivity index (χ3v) is 3.13. The van der Waals surface area contributed by atoms with Crippen LogP contribution in [0.15, 0.2) is 12.1 Å². The maximum absolute atomic E-state index is 11.9. The predicted octanol–water partition coefficient (Wildman–Crippen LogP) is 1.14. The van der Waals surface area contributed by atoms with Crippen LogP contribution in [0.5, 0.6) is 0 Å². The van der Waals surface area contributed by atoms with Crippen molar-refractivity contribution in [1.82, 2.24) is 4.90 Å². The van der Waals surface area contributed by atoms with Crippen molar-refractivity contribution in [2.75, 3.05) is 27.3 Å². The molecule has 1 rings (SSSR count). The molecule has 0 radical (unpaired) electrons. The maximum Gasteiger partial charge on any atom is 0.263 e. The van der Waals surface area contributed by atoms with Gasteiger partial charge in [-0.1, -0.05) is 0 Å². The molecule has 1 atom stereocenters. The summed E-state index contributed by atoms with van der Waals surface area (Å²) in [6.07, 6.45) is -0.639. The fraction of sp³-hybridized carbons (Fsp3) is 0.545. The van der Waals surface area contributed by atoms with E-state index in [0.29, 0.717) is 4.88 Å². The predicted molar refractivity (Wildman–Crippen MR) is 63.9 cm³/mol. The van der Waals surface area contributed by atoms with Crippen molar-refractivity contribution in [1.29, 1.82) is 0 Å². The van der Waals surface area contributed by atoms with Crippen LogP contribution in [0.2, 0.25) is 0 Å². The molecule has 1 N–H and O–H groups in total. The molecule has 0 saturated carbocycles. The van der Waals surface area contributed by atoms with Gasteiger partial charge in [-0.2, -0.15) is 0 Å². The third kappa shape index (κ3) is 3.59. The molecule has 1 unspecified atom stereocenters. The van der Waals surface area contributed by atoms with Crippen molar-refractivity contribution < 1.29 is 14.6 Å². The highest BCUT2D eigenvalue weighted by Crippen LogP contribution is 2.16. The topological polar surface area (TPSA) is 49.8 Å². The van der Waals surface area contributed by atoms with Gasteiger partial charge >= 0.3 is 0 Å². The van der Waals surface area contributed by atoms with E-state index in [4.69, 9.17) is 4.74 Å². The Morgan fingerprint density at radius 3 is 2.81 bits per heavy atom. The van der Waals surface area contributed by atoms with Gasteiger partial charge in [0.1, 0.15) is 0 Å². The molecule has 5 heteroatoms. The van der Waals surface area contributed by atoms with Crippen LogP contribution in [0.25, 0.3) is 0 Å². The van der Waals surface area contributed by atoms with Crippen molar-refractivity contribution in [2.45, 2.75) is 13.0 Å². The molecule has 0 spiro atoms. The quantitative estimate of drug-likeness (QED) is 0.843. The zero-order valence-corrected chi connectivity index (χ0v) is 10.6. The Morgan fingerprint density at radius 2 is 2.31 bits per heavy atom. The highest BCUT2D eigenvalue weighted by Gasteiger charge is 2.16. The van der Waals surface area contributed by atoms with Gasteiger partial charge < -0.3 is 14.7 Å². The van der Waals surface area contributed by atoms with Gasteiger partial charge in [-0.05, 0) is 19.1 Å². The van der Waals surface area contributed by atoms with Gasteiger partial charge in [0, 0.05) is 25.6 Å². The van der Waals surface area contributed by atoms with Gasteiger partial charge in [0.25, 0.3) is 5.91 Å². The average molecular weight is 243 g/mol. The van der Waals surface area contributed by atoms with Crippen molar-refractivity contribution in [2.24, 2.45) is 0 Å². The monoisotopic (exact) mass is 243 g/mol. The minimum Gasteiger partial charge on any atom is -0.389 e. The molecule has 1 aromatic heterocycles. The molecule has 0 aliphatic rings. The number of hydrogen-bond acceptors (Lipinski definition) is 4. The Bertz CT molecular complexity index is 351. The van der Waals surface area contributed by atoms with Gasteiger partial charge in [0.05, 0.1) is 17.6 Å². The number of carbonyl (C=O) groups excluding carboxylic acids is 1. The Labute approximate surface area is 99.5 Å². The van der Waals surface area contributed by atoms with E-state index in [9.17, 15) is 9.90 Å². The smallest absolute Gasteiger partial charge is 0.263 e. The van der Waals surface area contributed by atoms with Crippen LogP contribution < -0.4 is 0 Å². The van der Waals surface area contributed by atoms with Crippen molar-refractivity contribution >= 4 is 17.2 Å². The van der Waals surface area contributed by atoms with E-state index >= 15 is 0 Å². The zero-order valence-electron chi connectivity index (χ0n) is 9.77. The summed E-state index contributed by atoms with van der Waals surface area (Å²) in [6.45, 7) is 2.48. The van der Waals surface area contributed by atoms with Crippen LogP contribution >= 0.6 is 11.3 Å². The van der Waals surface area contributed by atoms with Crippen molar-refractivity contribution in [3.05, 3.63) is 21.9 Å². The van der Waals surface area contributed by atoms with Crippen LogP contribution in [-0.2, 0) is 4.74 Å². The second-order valence-electron chi connectivity index (χ2n) is 3.71. The lowest BCUT2D eigenvalue weighted by Gasteiger charge is -2.19. The number of ether oxygens (including phenoxy) is 1. The molecular formula is C11H17NO3S. The summed E-state index contributed by atoms with van der Waals surface area (Å²) in [4.78, 5) is 15.2. The molecule has 1 heterocycles. The van der Waals surface area contributed by atoms with E-state index in [1.54, 1.807) is 7.05 Å². The standard InChI is InChI=1S/C11H17NO3S/c1-8-4-5-10(16-8)11(14)12(2)6-9(13)7-15-3/h4-5,9,13H,6-7H2,1-3H3. The highest BCUT2D eigenvalue weighted by molar-refractivity contribution is 7.13. The summed E-state index contributed by atoms with van der Waals surface area (Å²) in [5.41, 5.74) is 0. The van der Waals surface area contributed by atoms with Crippen LogP contribution in [0.1, 0.15) is 14.5 Å². The number of carbonyl (C=O) groups is 1. The lowest BCUT2D eigenvalue weighted by molar-refractivity contribution is 0.0382. The molecule has 90 valence electrons. The average Bonchev–Trinajstić information content (AvgIpc) is 2.64. The minimum atomic E-state index is -0.639. The summed E-state index contributed by atoms with van der Waals surface area (Å²) >= 11 is 1.46. The Morgan fingerprint density at radius 1 is 1.62 bits per heavy atom. The molecule has 0 saturated heterocycles. The lowest BCUT2D eigenvalue weighted by Crippen LogP contribution is -2.35. The molecular weight excluding hydrogens is 226 g/mol. The molecule has 0 fully saturated rings. The number of thiophene rings is 1. The number of amides is 1. The number of methoxy groups -OCH3 is 1. The molecule has 4 nitrogen and oxygen atoms in total. The summed E-state index contributed by atoms with van der Waals surface area (Å²) < 4.78 is 4.81. The van der Waals surface area contributed by atoms with Gasteiger partial charge in [-0.25, -0.2) is 0 Å². The number of nitrogens with zero attached hydrogens (tertiary/aromatic N) is 1. The summed E-state index contributed by atoms with van der Waals surface area (Å²) in [6, 6.07) is 3.72. The molecule has 16 heavy (non-hydrogen) atoms. The fourth-order valence-electron chi connectivity index (χ4n) is 1.38. The summed E-state index contributed by atoms with van der Waals surface area (Å²) in [5, 5.41) is 9.51. The molecule has 0 aliphatic carbocycles. The first-order valence-electron chi connectivity index (χ1n) is 5.03. The third-order valence-electron chi connectivity index (χ3n) is 2.14. The number of likely N-dealkylation sites (N-methyl/N-ethyl adjacent to an activating group) is 1. The minimum absolute atomic E-state index is 0.0618. The van der Waals surface area contributed by atoms with Gasteiger partial charge in [-0.15, -0.1) is 11.3 Å². The first-order chi connectivity index (χ1) is 7.54. The largest absolute Gasteiger partial charge is 0.389 e. The van der Waals surface area contributed by atoms with Crippen molar-refractivity contribution in [3.63, 3.8) is 0 Å². The maximum atomic E-state index is 11.9. The van der Waals surface area contributed by atoms with Crippen LogP contribution in [0, 0.1) is 6.92 Å². The lowest BCUT2D eigenvalue weighted by atomic mass is 10.3. The van der Waals surface area contributed by atoms with Gasteiger partial charge in [0.15, 0.2) is 0 Å². The number of hydrogen-bond donors (Lipinski definition) is 1. The van der Waals surface area contributed by atoms with E-state index in [-0.39, 0.29) is 19.1 Å². The number of aliphatic hydroxyl groups excluding tert-OH is 1. The van der Waals surface area contributed by atoms with E-state index in [1.807, 2.05) is 19.1 Å². The molecule has 0 bridgehead atoms. The van der Waals surface area contributed by atoms with Crippen LogP contribution in [-0.4, -0.2) is 49.3 Å². The SMILES string of the molecule is COCC(O)CN(C)C(=O)c1ccc(C)s1. The second-order valence-corrected chi connectivity index (χ2v) is 4.99. The first kappa shape index (κ1) is 13.2. The summed E-state index contributed by atoms with van der Waals surface area (Å²) in [7, 11) is 3.20. The van der Waals surface area contributed by atoms with Crippen LogP contribution in [0.4, 0.5) is 0 Å². The van der Waals surface area contributed by atoms with E-state index in [2.05, 4.69) is 0 Å². The second kappa shape index (κ2) is 5.98. The van der Waals surface area contributed by atoms with Gasteiger partial charge in [-0.3, -0.25) is 4.79 Å². The number of aliphatic hydroxyl groups is 1. The Kier molecular flexibility index (Phi) is 4.92. The van der Waals surface area contributed by atoms with E-state index < -0.39 is 6.10 Å². The Hall–Kier alpha value is -0.910. The van der Waals surface area contributed by atoms with Crippen LogP contribution in [0.3, 0.4) is 0 Å². The molecule has 1 amide bonds. The first-order valence-corrected chi connectivity index (χ1v) is 5.85. The number of rotatable bonds is 5.